The van der Waals surface area contributed by atoms with Crippen molar-refractivity contribution in [2.75, 3.05) is 5.73 Å². The molecular formula is C10H10N2O3. The molecule has 1 atom stereocenters. The van der Waals surface area contributed by atoms with Crippen LogP contribution in [0.25, 0.3) is 0 Å². The van der Waals surface area contributed by atoms with Gasteiger partial charge in [-0.3, -0.25) is 0 Å². The summed E-state index contributed by atoms with van der Waals surface area (Å²) < 4.78 is 5.13. The number of ether oxygens (including phenoxy) is 1. The highest BCUT2D eigenvalue weighted by Crippen LogP contribution is 2.20. The molecule has 78 valence electrons. The van der Waals surface area contributed by atoms with Crippen LogP contribution in [0.15, 0.2) is 18.2 Å². The second-order valence-corrected chi connectivity index (χ2v) is 2.94. The lowest BCUT2D eigenvalue weighted by molar-refractivity contribution is 0.0697. The number of nitrogens with two attached hydrogens (primary N) is 1. The third kappa shape index (κ3) is 2.61. The summed E-state index contributed by atoms with van der Waals surface area (Å²) in [6, 6.07) is 6.13. The maximum Gasteiger partial charge on any atom is 0.337 e. The quantitative estimate of drug-likeness (QED) is 0.725. The number of benzene rings is 1. The molecule has 0 fully saturated rings. The van der Waals surface area contributed by atoms with Gasteiger partial charge >= 0.3 is 5.97 Å². The van der Waals surface area contributed by atoms with E-state index < -0.39 is 12.1 Å². The first-order valence-electron chi connectivity index (χ1n) is 4.23. The topological polar surface area (TPSA) is 96.3 Å². The number of hydrogen-bond acceptors (Lipinski definition) is 4. The standard InChI is InChI=1S/C10H10N2O3/c1-6(5-11)15-7-2-3-9(12)8(4-7)10(13)14/h2-4,6H,12H2,1H3,(H,13,14). The van der Waals surface area contributed by atoms with Gasteiger partial charge in [-0.1, -0.05) is 0 Å². The smallest absolute Gasteiger partial charge is 0.337 e. The number of carbonyl (C=O) groups is 1. The molecule has 3 N–H and O–H groups in total. The van der Waals surface area contributed by atoms with Gasteiger partial charge in [0, 0.05) is 5.69 Å². The van der Waals surface area contributed by atoms with Gasteiger partial charge < -0.3 is 15.6 Å². The summed E-state index contributed by atoms with van der Waals surface area (Å²) >= 11 is 0. The van der Waals surface area contributed by atoms with E-state index in [1.54, 1.807) is 6.92 Å². The maximum absolute atomic E-state index is 10.7. The van der Waals surface area contributed by atoms with Gasteiger partial charge in [-0.2, -0.15) is 5.26 Å². The number of aromatic carboxylic acids is 1. The van der Waals surface area contributed by atoms with E-state index in [0.717, 1.165) is 0 Å². The zero-order valence-corrected chi connectivity index (χ0v) is 8.10. The van der Waals surface area contributed by atoms with Crippen LogP contribution in [0.4, 0.5) is 5.69 Å². The van der Waals surface area contributed by atoms with Gasteiger partial charge in [-0.15, -0.1) is 0 Å². The Morgan fingerprint density at radius 3 is 2.87 bits per heavy atom. The second-order valence-electron chi connectivity index (χ2n) is 2.94. The fourth-order valence-electron chi connectivity index (χ4n) is 1.02. The highest BCUT2D eigenvalue weighted by Gasteiger charge is 2.10. The number of anilines is 1. The average Bonchev–Trinajstić information content (AvgIpc) is 2.20. The van der Waals surface area contributed by atoms with Crippen LogP contribution < -0.4 is 10.5 Å². The van der Waals surface area contributed by atoms with Crippen molar-refractivity contribution in [2.45, 2.75) is 13.0 Å². The molecule has 15 heavy (non-hydrogen) atoms. The Balaban J connectivity index is 2.99. The van der Waals surface area contributed by atoms with Gasteiger partial charge in [-0.25, -0.2) is 4.79 Å². The third-order valence-electron chi connectivity index (χ3n) is 1.75. The number of nitriles is 1. The van der Waals surface area contributed by atoms with Crippen molar-refractivity contribution < 1.29 is 14.6 Å². The molecule has 1 aromatic rings. The first kappa shape index (κ1) is 10.9. The van der Waals surface area contributed by atoms with Gasteiger partial charge in [0.25, 0.3) is 0 Å². The van der Waals surface area contributed by atoms with Crippen LogP contribution in [0.3, 0.4) is 0 Å². The van der Waals surface area contributed by atoms with Crippen molar-refractivity contribution in [2.24, 2.45) is 0 Å². The van der Waals surface area contributed by atoms with E-state index in [9.17, 15) is 4.79 Å². The van der Waals surface area contributed by atoms with Crippen molar-refractivity contribution >= 4 is 11.7 Å². The molecule has 0 radical (unpaired) electrons. The van der Waals surface area contributed by atoms with Crippen LogP contribution in [0.2, 0.25) is 0 Å². The van der Waals surface area contributed by atoms with E-state index >= 15 is 0 Å². The predicted molar refractivity (Wildman–Crippen MR) is 53.5 cm³/mol. The Bertz CT molecular complexity index is 423. The molecule has 0 saturated carbocycles. The lowest BCUT2D eigenvalue weighted by Crippen LogP contribution is -2.09. The van der Waals surface area contributed by atoms with Gasteiger partial charge in [0.1, 0.15) is 11.8 Å². The Morgan fingerprint density at radius 1 is 1.67 bits per heavy atom. The number of rotatable bonds is 3. The molecule has 0 spiro atoms. The number of nitrogens with zero attached hydrogens (tertiary/aromatic N) is 1. The molecule has 1 rings (SSSR count). The van der Waals surface area contributed by atoms with Crippen LogP contribution >= 0.6 is 0 Å². The zero-order valence-electron chi connectivity index (χ0n) is 8.10. The van der Waals surface area contributed by atoms with Crippen molar-refractivity contribution in [3.63, 3.8) is 0 Å². The van der Waals surface area contributed by atoms with Gasteiger partial charge in [0.15, 0.2) is 6.10 Å². The van der Waals surface area contributed by atoms with Crippen LogP contribution in [0, 0.1) is 11.3 Å². The zero-order chi connectivity index (χ0) is 11.4. The third-order valence-corrected chi connectivity index (χ3v) is 1.75. The molecular weight excluding hydrogens is 196 g/mol. The van der Waals surface area contributed by atoms with Crippen LogP contribution in [0.1, 0.15) is 17.3 Å². The van der Waals surface area contributed by atoms with Crippen LogP contribution in [0.5, 0.6) is 5.75 Å². The summed E-state index contributed by atoms with van der Waals surface area (Å²) in [7, 11) is 0. The van der Waals surface area contributed by atoms with E-state index in [2.05, 4.69) is 0 Å². The minimum Gasteiger partial charge on any atom is -0.478 e. The molecule has 0 aliphatic carbocycles. The fraction of sp³-hybridized carbons (Fsp3) is 0.200. The fourth-order valence-corrected chi connectivity index (χ4v) is 1.02. The molecule has 0 amide bonds. The Kier molecular flexibility index (Phi) is 3.13. The summed E-state index contributed by atoms with van der Waals surface area (Å²) in [6.45, 7) is 1.57. The maximum atomic E-state index is 10.7. The van der Waals surface area contributed by atoms with E-state index in [1.165, 1.54) is 18.2 Å². The summed E-state index contributed by atoms with van der Waals surface area (Å²) in [4.78, 5) is 10.7. The summed E-state index contributed by atoms with van der Waals surface area (Å²) in [5.74, 6) is -0.807. The molecule has 0 bridgehead atoms. The van der Waals surface area contributed by atoms with Crippen molar-refractivity contribution in [3.05, 3.63) is 23.8 Å². The monoisotopic (exact) mass is 206 g/mol. The lowest BCUT2D eigenvalue weighted by atomic mass is 10.2. The average molecular weight is 206 g/mol. The molecule has 5 heteroatoms. The molecule has 0 aromatic heterocycles. The van der Waals surface area contributed by atoms with E-state index in [4.69, 9.17) is 20.8 Å². The van der Waals surface area contributed by atoms with Crippen LogP contribution in [-0.4, -0.2) is 17.2 Å². The lowest BCUT2D eigenvalue weighted by Gasteiger charge is -2.09. The SMILES string of the molecule is CC(C#N)Oc1ccc(N)c(C(=O)O)c1. The summed E-state index contributed by atoms with van der Waals surface area (Å²) in [6.07, 6.45) is -0.629. The van der Waals surface area contributed by atoms with Crippen molar-refractivity contribution in [1.29, 1.82) is 5.26 Å². The number of carboxylic acids is 1. The molecule has 0 saturated heterocycles. The highest BCUT2D eigenvalue weighted by molar-refractivity contribution is 5.94. The largest absolute Gasteiger partial charge is 0.478 e. The normalized spacial score (nSPS) is 11.5. The number of nitrogen functional groups attached to an aromatic ring is 1. The Labute approximate surface area is 86.7 Å². The molecule has 1 aromatic carbocycles. The second kappa shape index (κ2) is 4.33. The van der Waals surface area contributed by atoms with Crippen molar-refractivity contribution in [1.82, 2.24) is 0 Å². The number of carboxylic acid groups (broad SMARTS) is 1. The minimum atomic E-state index is -1.12. The van der Waals surface area contributed by atoms with Gasteiger partial charge in [-0.05, 0) is 25.1 Å². The van der Waals surface area contributed by atoms with Gasteiger partial charge in [0.2, 0.25) is 0 Å². The molecule has 1 unspecified atom stereocenters. The first-order chi connectivity index (χ1) is 7.04. The predicted octanol–water partition coefficient (Wildman–Crippen LogP) is 1.26. The molecule has 0 aliphatic rings. The molecule has 0 heterocycles. The molecule has 0 aliphatic heterocycles. The van der Waals surface area contributed by atoms with E-state index in [-0.39, 0.29) is 11.3 Å². The van der Waals surface area contributed by atoms with Crippen LogP contribution in [-0.2, 0) is 0 Å². The van der Waals surface area contributed by atoms with Crippen molar-refractivity contribution in [3.8, 4) is 11.8 Å². The van der Waals surface area contributed by atoms with E-state index in [0.29, 0.717) is 5.75 Å². The van der Waals surface area contributed by atoms with E-state index in [1.807, 2.05) is 6.07 Å². The summed E-state index contributed by atoms with van der Waals surface area (Å²) in [5.41, 5.74) is 5.59. The molecule has 5 nitrogen and oxygen atoms in total. The number of hydrogen-bond donors (Lipinski definition) is 2. The minimum absolute atomic E-state index is 0.0300. The Hall–Kier alpha value is -2.22. The van der Waals surface area contributed by atoms with Gasteiger partial charge in [0.05, 0.1) is 5.56 Å². The summed E-state index contributed by atoms with van der Waals surface area (Å²) in [5, 5.41) is 17.3. The first-order valence-corrected chi connectivity index (χ1v) is 4.23. The highest BCUT2D eigenvalue weighted by atomic mass is 16.5. The Morgan fingerprint density at radius 2 is 2.33 bits per heavy atom.